The molecule has 0 bridgehead atoms. The van der Waals surface area contributed by atoms with Crippen LogP contribution in [0.25, 0.3) is 10.2 Å². The number of rotatable bonds is 5. The van der Waals surface area contributed by atoms with Crippen LogP contribution < -0.4 is 10.1 Å². The zero-order valence-corrected chi connectivity index (χ0v) is 21.5. The van der Waals surface area contributed by atoms with Crippen molar-refractivity contribution in [2.75, 3.05) is 32.1 Å². The number of carbonyl (C=O) groups excluding carboxylic acids is 2. The average Bonchev–Trinajstić information content (AvgIpc) is 3.47. The molecule has 2 aromatic heterocycles. The molecule has 0 aliphatic carbocycles. The Morgan fingerprint density at radius 3 is 2.64 bits per heavy atom. The molecule has 0 saturated carbocycles. The number of nitrogens with one attached hydrogen (secondary N) is 1. The average molecular weight is 503 g/mol. The molecule has 3 amide bonds. The number of carbonyl (C=O) groups is 2. The fraction of sp³-hybridized carbons (Fsp3) is 0.286. The number of benzene rings is 2. The van der Waals surface area contributed by atoms with Crippen molar-refractivity contribution in [2.45, 2.75) is 26.4 Å². The van der Waals surface area contributed by atoms with Crippen molar-refractivity contribution in [3.05, 3.63) is 82.9 Å². The van der Waals surface area contributed by atoms with Gasteiger partial charge >= 0.3 is 6.03 Å². The molecule has 1 aliphatic rings. The summed E-state index contributed by atoms with van der Waals surface area (Å²) in [5, 5.41) is 6.09. The van der Waals surface area contributed by atoms with Crippen molar-refractivity contribution in [1.82, 2.24) is 14.4 Å². The molecule has 1 N–H and O–H groups in total. The number of nitrogens with zero attached hydrogens (tertiary/aromatic N) is 3. The van der Waals surface area contributed by atoms with E-state index in [2.05, 4.69) is 52.5 Å². The molecule has 4 aromatic rings. The first-order chi connectivity index (χ1) is 17.4. The van der Waals surface area contributed by atoms with E-state index >= 15 is 0 Å². The van der Waals surface area contributed by atoms with E-state index in [9.17, 15) is 9.59 Å². The summed E-state index contributed by atoms with van der Waals surface area (Å²) >= 11 is 1.65. The predicted octanol–water partition coefficient (Wildman–Crippen LogP) is 5.45. The summed E-state index contributed by atoms with van der Waals surface area (Å²) in [4.78, 5) is 31.4. The first-order valence-electron chi connectivity index (χ1n) is 12.1. The van der Waals surface area contributed by atoms with E-state index in [0.717, 1.165) is 15.8 Å². The molecule has 1 unspecified atom stereocenters. The van der Waals surface area contributed by atoms with Crippen molar-refractivity contribution < 1.29 is 14.3 Å². The number of hydrogen-bond acceptors (Lipinski definition) is 4. The third kappa shape index (κ3) is 4.81. The maximum absolute atomic E-state index is 13.7. The molecule has 0 spiro atoms. The normalized spacial score (nSPS) is 15.8. The molecule has 2 aromatic carbocycles. The monoisotopic (exact) mass is 502 g/mol. The van der Waals surface area contributed by atoms with Gasteiger partial charge in [-0.05, 0) is 49.1 Å². The van der Waals surface area contributed by atoms with E-state index in [-0.39, 0.29) is 18.0 Å². The van der Waals surface area contributed by atoms with Gasteiger partial charge in [0.25, 0.3) is 5.91 Å². The largest absolute Gasteiger partial charge is 0.497 e. The van der Waals surface area contributed by atoms with E-state index in [1.807, 2.05) is 36.1 Å². The molecule has 3 heterocycles. The van der Waals surface area contributed by atoms with Crippen LogP contribution in [0.4, 0.5) is 10.5 Å². The van der Waals surface area contributed by atoms with E-state index in [0.29, 0.717) is 43.3 Å². The molecule has 1 saturated heterocycles. The number of methoxy groups -OCH3 is 1. The van der Waals surface area contributed by atoms with Crippen molar-refractivity contribution in [3.63, 3.8) is 0 Å². The smallest absolute Gasteiger partial charge is 0.322 e. The van der Waals surface area contributed by atoms with Crippen LogP contribution in [0.15, 0.2) is 66.0 Å². The van der Waals surface area contributed by atoms with Crippen LogP contribution >= 0.6 is 11.3 Å². The zero-order chi connectivity index (χ0) is 25.2. The number of hydrogen-bond donors (Lipinski definition) is 1. The van der Waals surface area contributed by atoms with E-state index in [1.165, 1.54) is 5.56 Å². The van der Waals surface area contributed by atoms with Crippen molar-refractivity contribution >= 4 is 39.2 Å². The Morgan fingerprint density at radius 1 is 1.08 bits per heavy atom. The number of thiophene rings is 1. The molecule has 1 fully saturated rings. The topological polar surface area (TPSA) is 66.8 Å². The minimum Gasteiger partial charge on any atom is -0.497 e. The number of urea groups is 1. The lowest BCUT2D eigenvalue weighted by atomic mass is 10.1. The molecule has 1 atom stereocenters. The Hall–Kier alpha value is -3.78. The summed E-state index contributed by atoms with van der Waals surface area (Å²) < 4.78 is 7.37. The maximum atomic E-state index is 13.7. The third-order valence-electron chi connectivity index (χ3n) is 6.68. The van der Waals surface area contributed by atoms with Gasteiger partial charge in [0.1, 0.15) is 16.3 Å². The number of aromatic nitrogens is 1. The van der Waals surface area contributed by atoms with Crippen LogP contribution in [0.5, 0.6) is 5.75 Å². The lowest BCUT2D eigenvalue weighted by molar-refractivity contribution is 0.0583. The summed E-state index contributed by atoms with van der Waals surface area (Å²) in [5.74, 6) is 0.690. The van der Waals surface area contributed by atoms with Gasteiger partial charge in [-0.25, -0.2) is 4.79 Å². The van der Waals surface area contributed by atoms with E-state index < -0.39 is 0 Å². The van der Waals surface area contributed by atoms with Gasteiger partial charge in [0.15, 0.2) is 0 Å². The maximum Gasteiger partial charge on any atom is 0.322 e. The highest BCUT2D eigenvalue weighted by Crippen LogP contribution is 2.28. The Balaban J connectivity index is 1.30. The molecular formula is C28H30N4O3S. The van der Waals surface area contributed by atoms with Crippen LogP contribution in [0.2, 0.25) is 0 Å². The number of anilines is 1. The van der Waals surface area contributed by atoms with E-state index in [1.54, 1.807) is 29.4 Å². The SMILES string of the molecule is COc1cccc(NC(=O)N2CCN(C(=O)c3cc4ccsc4n3Cc3ccc(C)cc3)CC2C)c1. The summed E-state index contributed by atoms with van der Waals surface area (Å²) in [5.41, 5.74) is 3.75. The van der Waals surface area contributed by atoms with Gasteiger partial charge in [0.05, 0.1) is 7.11 Å². The molecule has 0 radical (unpaired) electrons. The Labute approximate surface area is 214 Å². The summed E-state index contributed by atoms with van der Waals surface area (Å²) in [6, 6.07) is 19.5. The third-order valence-corrected chi connectivity index (χ3v) is 7.63. The number of piperazine rings is 1. The second-order valence-corrected chi connectivity index (χ2v) is 10.1. The molecule has 8 heteroatoms. The fourth-order valence-corrected chi connectivity index (χ4v) is 5.58. The Kier molecular flexibility index (Phi) is 6.69. The summed E-state index contributed by atoms with van der Waals surface area (Å²) in [7, 11) is 1.60. The van der Waals surface area contributed by atoms with Crippen LogP contribution in [-0.4, -0.2) is 59.1 Å². The second-order valence-electron chi connectivity index (χ2n) is 9.24. The van der Waals surface area contributed by atoms with Crippen LogP contribution in [0.3, 0.4) is 0 Å². The van der Waals surface area contributed by atoms with Gasteiger partial charge in [-0.1, -0.05) is 35.9 Å². The Morgan fingerprint density at radius 2 is 1.89 bits per heavy atom. The fourth-order valence-electron chi connectivity index (χ4n) is 4.69. The van der Waals surface area contributed by atoms with Crippen molar-refractivity contribution in [1.29, 1.82) is 0 Å². The highest BCUT2D eigenvalue weighted by Gasteiger charge is 2.32. The number of fused-ring (bicyclic) bond motifs is 1. The standard InChI is InChI=1S/C28H30N4O3S/c1-19-7-9-21(10-8-19)18-32-25(15-22-11-14-36-27(22)32)26(33)30-12-13-31(20(2)17-30)28(34)29-23-5-4-6-24(16-23)35-3/h4-11,14-16,20H,12-13,17-18H2,1-3H3,(H,29,34). The van der Waals surface area contributed by atoms with Gasteiger partial charge in [-0.15, -0.1) is 11.3 Å². The summed E-state index contributed by atoms with van der Waals surface area (Å²) in [6.07, 6.45) is 0. The van der Waals surface area contributed by atoms with Crippen molar-refractivity contribution in [3.8, 4) is 5.75 Å². The quantitative estimate of drug-likeness (QED) is 0.395. The predicted molar refractivity (Wildman–Crippen MR) is 144 cm³/mol. The summed E-state index contributed by atoms with van der Waals surface area (Å²) in [6.45, 7) is 6.13. The van der Waals surface area contributed by atoms with Gasteiger partial charge < -0.3 is 24.4 Å². The van der Waals surface area contributed by atoms with E-state index in [4.69, 9.17) is 4.74 Å². The molecule has 1 aliphatic heterocycles. The van der Waals surface area contributed by atoms with Gasteiger partial charge in [0, 0.05) is 49.4 Å². The molecule has 36 heavy (non-hydrogen) atoms. The number of aryl methyl sites for hydroxylation is 1. The van der Waals surface area contributed by atoms with Crippen LogP contribution in [-0.2, 0) is 6.54 Å². The van der Waals surface area contributed by atoms with Gasteiger partial charge in [-0.3, -0.25) is 4.79 Å². The highest BCUT2D eigenvalue weighted by atomic mass is 32.1. The zero-order valence-electron chi connectivity index (χ0n) is 20.7. The van der Waals surface area contributed by atoms with Crippen LogP contribution in [0, 0.1) is 6.92 Å². The van der Waals surface area contributed by atoms with Gasteiger partial charge in [-0.2, -0.15) is 0 Å². The van der Waals surface area contributed by atoms with Gasteiger partial charge in [0.2, 0.25) is 0 Å². The molecule has 5 rings (SSSR count). The Bertz CT molecular complexity index is 1390. The first-order valence-corrected chi connectivity index (χ1v) is 12.9. The lowest BCUT2D eigenvalue weighted by Gasteiger charge is -2.39. The number of ether oxygens (including phenoxy) is 1. The minimum atomic E-state index is -0.175. The van der Waals surface area contributed by atoms with Crippen molar-refractivity contribution in [2.24, 2.45) is 0 Å². The molecular weight excluding hydrogens is 472 g/mol. The minimum absolute atomic E-state index is 0.00483. The second kappa shape index (κ2) is 10.1. The lowest BCUT2D eigenvalue weighted by Crippen LogP contribution is -2.56. The van der Waals surface area contributed by atoms with Crippen LogP contribution in [0.1, 0.15) is 28.5 Å². The number of amides is 3. The first kappa shape index (κ1) is 23.9. The molecule has 186 valence electrons. The highest BCUT2D eigenvalue weighted by molar-refractivity contribution is 7.16. The molecule has 7 nitrogen and oxygen atoms in total.